The van der Waals surface area contributed by atoms with Gasteiger partial charge >= 0.3 is 0 Å². The van der Waals surface area contributed by atoms with Gasteiger partial charge in [-0.15, -0.1) is 0 Å². The average Bonchev–Trinajstić information content (AvgIpc) is 2.82. The lowest BCUT2D eigenvalue weighted by molar-refractivity contribution is 0.518. The van der Waals surface area contributed by atoms with Crippen LogP contribution in [0.5, 0.6) is 0 Å². The fourth-order valence-electron chi connectivity index (χ4n) is 1.32. The third-order valence-corrected chi connectivity index (χ3v) is 2.11. The Morgan fingerprint density at radius 1 is 1.24 bits per heavy atom. The second kappa shape index (κ2) is 4.58. The SMILES string of the molecule is NNc1nc(N)nc(NCc2ccco2)c1N. The van der Waals surface area contributed by atoms with Gasteiger partial charge < -0.3 is 26.6 Å². The molecule has 2 heterocycles. The third-order valence-electron chi connectivity index (χ3n) is 2.11. The molecule has 2 rings (SSSR count). The van der Waals surface area contributed by atoms with Crippen molar-refractivity contribution in [1.29, 1.82) is 0 Å². The van der Waals surface area contributed by atoms with E-state index in [4.69, 9.17) is 21.7 Å². The summed E-state index contributed by atoms with van der Waals surface area (Å²) in [5.41, 5.74) is 14.0. The van der Waals surface area contributed by atoms with Gasteiger partial charge in [0.15, 0.2) is 11.6 Å². The molecule has 0 saturated carbocycles. The van der Waals surface area contributed by atoms with Crippen LogP contribution < -0.4 is 28.1 Å². The normalized spacial score (nSPS) is 10.2. The number of nitrogens with zero attached hydrogens (tertiary/aromatic N) is 2. The molecule has 0 amide bonds. The zero-order valence-corrected chi connectivity index (χ0v) is 8.97. The Bertz CT molecular complexity index is 496. The van der Waals surface area contributed by atoms with Crippen LogP contribution in [-0.4, -0.2) is 9.97 Å². The van der Waals surface area contributed by atoms with Crippen LogP contribution in [0, 0.1) is 0 Å². The number of nitrogens with one attached hydrogen (secondary N) is 2. The molecule has 17 heavy (non-hydrogen) atoms. The molecule has 0 unspecified atom stereocenters. The van der Waals surface area contributed by atoms with Crippen molar-refractivity contribution >= 4 is 23.3 Å². The maximum Gasteiger partial charge on any atom is 0.224 e. The van der Waals surface area contributed by atoms with Gasteiger partial charge in [0.1, 0.15) is 11.4 Å². The Balaban J connectivity index is 2.17. The van der Waals surface area contributed by atoms with Crippen molar-refractivity contribution in [3.63, 3.8) is 0 Å². The molecule has 0 aliphatic carbocycles. The number of hydrogen-bond acceptors (Lipinski definition) is 8. The highest BCUT2D eigenvalue weighted by atomic mass is 16.3. The lowest BCUT2D eigenvalue weighted by Gasteiger charge is -2.10. The Kier molecular flexibility index (Phi) is 2.97. The highest BCUT2D eigenvalue weighted by Gasteiger charge is 2.09. The first-order valence-electron chi connectivity index (χ1n) is 4.86. The van der Waals surface area contributed by atoms with Gasteiger partial charge in [0.25, 0.3) is 0 Å². The summed E-state index contributed by atoms with van der Waals surface area (Å²) in [6, 6.07) is 3.62. The second-order valence-corrected chi connectivity index (χ2v) is 3.27. The molecule has 8 N–H and O–H groups in total. The molecule has 0 aromatic carbocycles. The van der Waals surface area contributed by atoms with Crippen LogP contribution in [0.4, 0.5) is 23.3 Å². The molecule has 0 aliphatic heterocycles. The van der Waals surface area contributed by atoms with Crippen molar-refractivity contribution in [3.05, 3.63) is 24.2 Å². The summed E-state index contributed by atoms with van der Waals surface area (Å²) in [5, 5.41) is 2.99. The minimum absolute atomic E-state index is 0.0779. The van der Waals surface area contributed by atoms with Crippen molar-refractivity contribution in [1.82, 2.24) is 9.97 Å². The van der Waals surface area contributed by atoms with E-state index in [-0.39, 0.29) is 11.8 Å². The molecule has 0 radical (unpaired) electrons. The summed E-state index contributed by atoms with van der Waals surface area (Å²) < 4.78 is 5.16. The minimum Gasteiger partial charge on any atom is -0.467 e. The highest BCUT2D eigenvalue weighted by Crippen LogP contribution is 2.24. The minimum atomic E-state index is 0.0779. The molecule has 2 aromatic heterocycles. The molecule has 0 bridgehead atoms. The predicted molar refractivity (Wildman–Crippen MR) is 64.7 cm³/mol. The Morgan fingerprint density at radius 2 is 2.00 bits per heavy atom. The van der Waals surface area contributed by atoms with E-state index in [2.05, 4.69) is 20.7 Å². The van der Waals surface area contributed by atoms with Gasteiger partial charge in [0, 0.05) is 0 Å². The molecule has 0 aliphatic rings. The van der Waals surface area contributed by atoms with E-state index in [0.717, 1.165) is 5.76 Å². The number of hydrazine groups is 1. The molecular formula is C9H13N7O. The first kappa shape index (κ1) is 11.0. The number of aromatic nitrogens is 2. The van der Waals surface area contributed by atoms with Crippen LogP contribution in [0.3, 0.4) is 0 Å². The van der Waals surface area contributed by atoms with Crippen LogP contribution in [0.2, 0.25) is 0 Å². The van der Waals surface area contributed by atoms with Gasteiger partial charge in [-0.3, -0.25) is 0 Å². The zero-order valence-electron chi connectivity index (χ0n) is 8.97. The molecule has 8 nitrogen and oxygen atoms in total. The van der Waals surface area contributed by atoms with Gasteiger partial charge in [0.05, 0.1) is 12.8 Å². The standard InChI is InChI=1S/C9H13N7O/c10-6-7(13-4-5-2-1-3-17-5)14-9(11)15-8(6)16-12/h1-3H,4,10,12H2,(H4,11,13,14,15,16). The van der Waals surface area contributed by atoms with E-state index < -0.39 is 0 Å². The number of anilines is 4. The largest absolute Gasteiger partial charge is 0.467 e. The van der Waals surface area contributed by atoms with Crippen molar-refractivity contribution < 1.29 is 4.42 Å². The molecule has 0 fully saturated rings. The van der Waals surface area contributed by atoms with Crippen molar-refractivity contribution in [2.45, 2.75) is 6.54 Å². The topological polar surface area (TPSA) is 141 Å². The first-order valence-corrected chi connectivity index (χ1v) is 4.86. The maximum atomic E-state index is 5.79. The Labute approximate surface area is 97.2 Å². The van der Waals surface area contributed by atoms with Crippen molar-refractivity contribution in [2.24, 2.45) is 5.84 Å². The first-order chi connectivity index (χ1) is 8.20. The molecule has 0 saturated heterocycles. The summed E-state index contributed by atoms with van der Waals surface area (Å²) in [7, 11) is 0. The summed E-state index contributed by atoms with van der Waals surface area (Å²) in [4.78, 5) is 7.81. The molecule has 0 atom stereocenters. The lowest BCUT2D eigenvalue weighted by Crippen LogP contribution is -2.15. The number of nitrogen functional groups attached to an aromatic ring is 3. The van der Waals surface area contributed by atoms with E-state index >= 15 is 0 Å². The number of rotatable bonds is 4. The number of hydrogen-bond donors (Lipinski definition) is 5. The molecular weight excluding hydrogens is 222 g/mol. The second-order valence-electron chi connectivity index (χ2n) is 3.27. The zero-order chi connectivity index (χ0) is 12.3. The maximum absolute atomic E-state index is 5.79. The summed E-state index contributed by atoms with van der Waals surface area (Å²) in [6.45, 7) is 0.442. The summed E-state index contributed by atoms with van der Waals surface area (Å²) >= 11 is 0. The average molecular weight is 235 g/mol. The molecule has 90 valence electrons. The van der Waals surface area contributed by atoms with Gasteiger partial charge in [0.2, 0.25) is 5.95 Å². The summed E-state index contributed by atoms with van der Waals surface area (Å²) in [5.74, 6) is 6.77. The van der Waals surface area contributed by atoms with Gasteiger partial charge in [-0.05, 0) is 12.1 Å². The van der Waals surface area contributed by atoms with Crippen LogP contribution >= 0.6 is 0 Å². The van der Waals surface area contributed by atoms with Crippen molar-refractivity contribution in [2.75, 3.05) is 22.2 Å². The highest BCUT2D eigenvalue weighted by molar-refractivity contribution is 5.75. The quantitative estimate of drug-likeness (QED) is 0.372. The predicted octanol–water partition coefficient (Wildman–Crippen LogP) is 0.132. The Morgan fingerprint density at radius 3 is 2.65 bits per heavy atom. The smallest absolute Gasteiger partial charge is 0.224 e. The number of nitrogens with two attached hydrogens (primary N) is 3. The van der Waals surface area contributed by atoms with Crippen LogP contribution in [-0.2, 0) is 6.54 Å². The fraction of sp³-hybridized carbons (Fsp3) is 0.111. The van der Waals surface area contributed by atoms with E-state index in [1.807, 2.05) is 6.07 Å². The third kappa shape index (κ3) is 2.37. The van der Waals surface area contributed by atoms with Crippen LogP contribution in [0.15, 0.2) is 22.8 Å². The van der Waals surface area contributed by atoms with E-state index in [1.165, 1.54) is 0 Å². The van der Waals surface area contributed by atoms with E-state index in [1.54, 1.807) is 12.3 Å². The number of furan rings is 1. The summed E-state index contributed by atoms with van der Waals surface area (Å²) in [6.07, 6.45) is 1.58. The Hall–Kier alpha value is -2.48. The van der Waals surface area contributed by atoms with E-state index in [0.29, 0.717) is 18.1 Å². The van der Waals surface area contributed by atoms with Gasteiger partial charge in [-0.1, -0.05) is 0 Å². The molecule has 2 aromatic rings. The monoisotopic (exact) mass is 235 g/mol. The van der Waals surface area contributed by atoms with Crippen molar-refractivity contribution in [3.8, 4) is 0 Å². The van der Waals surface area contributed by atoms with Gasteiger partial charge in [-0.2, -0.15) is 9.97 Å². The van der Waals surface area contributed by atoms with Crippen LogP contribution in [0.25, 0.3) is 0 Å². The molecule has 0 spiro atoms. The fourth-order valence-corrected chi connectivity index (χ4v) is 1.32. The lowest BCUT2D eigenvalue weighted by atomic mass is 10.4. The molecule has 8 heteroatoms. The van der Waals surface area contributed by atoms with Crippen LogP contribution in [0.1, 0.15) is 5.76 Å². The van der Waals surface area contributed by atoms with E-state index in [9.17, 15) is 0 Å². The van der Waals surface area contributed by atoms with Gasteiger partial charge in [-0.25, -0.2) is 5.84 Å².